The van der Waals surface area contributed by atoms with Gasteiger partial charge in [-0.25, -0.2) is 8.42 Å². The number of halogens is 1. The first kappa shape index (κ1) is 23.3. The molecular formula is C23H27ClN2O4S. The van der Waals surface area contributed by atoms with E-state index in [2.05, 4.69) is 10.6 Å². The Bertz CT molecular complexity index is 1060. The average molecular weight is 463 g/mol. The highest BCUT2D eigenvalue weighted by atomic mass is 35.5. The summed E-state index contributed by atoms with van der Waals surface area (Å²) in [4.78, 5) is 24.8. The smallest absolute Gasteiger partial charge is 0.255 e. The van der Waals surface area contributed by atoms with E-state index in [0.717, 1.165) is 12.7 Å². The maximum atomic E-state index is 12.5. The Morgan fingerprint density at radius 3 is 2.45 bits per heavy atom. The Labute approximate surface area is 188 Å². The molecule has 8 heteroatoms. The summed E-state index contributed by atoms with van der Waals surface area (Å²) in [6.07, 6.45) is 8.70. The monoisotopic (exact) mass is 462 g/mol. The van der Waals surface area contributed by atoms with E-state index in [1.807, 2.05) is 0 Å². The molecule has 1 saturated carbocycles. The summed E-state index contributed by atoms with van der Waals surface area (Å²) in [6.45, 7) is 0. The zero-order valence-electron chi connectivity index (χ0n) is 17.5. The van der Waals surface area contributed by atoms with Crippen LogP contribution >= 0.6 is 11.6 Å². The van der Waals surface area contributed by atoms with Crippen molar-refractivity contribution in [2.45, 2.75) is 49.8 Å². The van der Waals surface area contributed by atoms with Crippen molar-refractivity contribution >= 4 is 44.6 Å². The summed E-state index contributed by atoms with van der Waals surface area (Å²) in [6, 6.07) is 10.7. The molecule has 6 nitrogen and oxygen atoms in total. The second-order valence-electron chi connectivity index (χ2n) is 8.04. The third-order valence-electron chi connectivity index (χ3n) is 5.53. The van der Waals surface area contributed by atoms with Gasteiger partial charge in [-0.1, -0.05) is 49.8 Å². The second-order valence-corrected chi connectivity index (χ2v) is 10.5. The van der Waals surface area contributed by atoms with Crippen molar-refractivity contribution in [3.05, 3.63) is 53.1 Å². The van der Waals surface area contributed by atoms with E-state index in [1.54, 1.807) is 18.2 Å². The minimum absolute atomic E-state index is 0.0454. The number of nitrogens with one attached hydrogen (secondary N) is 2. The molecule has 0 saturated heterocycles. The topological polar surface area (TPSA) is 92.3 Å². The van der Waals surface area contributed by atoms with Crippen LogP contribution in [-0.2, 0) is 14.6 Å². The van der Waals surface area contributed by atoms with Crippen LogP contribution in [0.4, 0.5) is 11.4 Å². The van der Waals surface area contributed by atoms with Crippen LogP contribution < -0.4 is 10.6 Å². The highest BCUT2D eigenvalue weighted by molar-refractivity contribution is 7.90. The lowest BCUT2D eigenvalue weighted by Gasteiger charge is -2.21. The second kappa shape index (κ2) is 10.3. The molecule has 2 amide bonds. The summed E-state index contributed by atoms with van der Waals surface area (Å²) in [5.41, 5.74) is 1.14. The Morgan fingerprint density at radius 2 is 1.77 bits per heavy atom. The van der Waals surface area contributed by atoms with Gasteiger partial charge >= 0.3 is 0 Å². The predicted octanol–water partition coefficient (Wildman–Crippen LogP) is 5.29. The van der Waals surface area contributed by atoms with Gasteiger partial charge in [0, 0.05) is 23.9 Å². The minimum atomic E-state index is -3.42. The molecule has 0 unspecified atom stereocenters. The molecule has 0 bridgehead atoms. The van der Waals surface area contributed by atoms with Gasteiger partial charge in [0.2, 0.25) is 5.91 Å². The van der Waals surface area contributed by atoms with E-state index in [0.29, 0.717) is 23.7 Å². The molecule has 3 rings (SSSR count). The molecule has 2 aromatic rings. The van der Waals surface area contributed by atoms with E-state index < -0.39 is 15.7 Å². The molecule has 166 valence electrons. The molecule has 2 aromatic carbocycles. The van der Waals surface area contributed by atoms with Crippen LogP contribution in [0.3, 0.4) is 0 Å². The van der Waals surface area contributed by atoms with Crippen molar-refractivity contribution in [1.29, 1.82) is 0 Å². The van der Waals surface area contributed by atoms with E-state index in [9.17, 15) is 18.0 Å². The van der Waals surface area contributed by atoms with Gasteiger partial charge in [0.05, 0.1) is 15.6 Å². The number of hydrogen-bond acceptors (Lipinski definition) is 4. The fraction of sp³-hybridized carbons (Fsp3) is 0.391. The van der Waals surface area contributed by atoms with Crippen molar-refractivity contribution in [2.75, 3.05) is 16.9 Å². The van der Waals surface area contributed by atoms with Gasteiger partial charge in [0.15, 0.2) is 9.84 Å². The van der Waals surface area contributed by atoms with Gasteiger partial charge in [-0.15, -0.1) is 0 Å². The molecule has 2 N–H and O–H groups in total. The van der Waals surface area contributed by atoms with Crippen LogP contribution in [-0.4, -0.2) is 26.5 Å². The molecule has 0 aliphatic heterocycles. The van der Waals surface area contributed by atoms with Crippen LogP contribution in [0.2, 0.25) is 5.02 Å². The molecule has 0 aromatic heterocycles. The zero-order valence-corrected chi connectivity index (χ0v) is 19.1. The fourth-order valence-electron chi connectivity index (χ4n) is 3.79. The summed E-state index contributed by atoms with van der Waals surface area (Å²) in [7, 11) is -3.42. The predicted molar refractivity (Wildman–Crippen MR) is 123 cm³/mol. The quantitative estimate of drug-likeness (QED) is 0.584. The molecule has 0 radical (unpaired) electrons. The van der Waals surface area contributed by atoms with E-state index in [1.165, 1.54) is 56.4 Å². The molecular weight excluding hydrogens is 436 g/mol. The number of carbonyl (C=O) groups is 2. The maximum absolute atomic E-state index is 12.5. The SMILES string of the molecule is CS(=O)(=O)c1cccc(C(=O)Nc2ccc(NC(=O)CCC3CCCCC3)cc2Cl)c1. The highest BCUT2D eigenvalue weighted by Gasteiger charge is 2.16. The summed E-state index contributed by atoms with van der Waals surface area (Å²) in [5, 5.41) is 5.81. The summed E-state index contributed by atoms with van der Waals surface area (Å²) < 4.78 is 23.4. The number of hydrogen-bond donors (Lipinski definition) is 2. The Morgan fingerprint density at radius 1 is 1.03 bits per heavy atom. The number of rotatable bonds is 7. The summed E-state index contributed by atoms with van der Waals surface area (Å²) >= 11 is 6.29. The average Bonchev–Trinajstić information content (AvgIpc) is 2.74. The first-order valence-corrected chi connectivity index (χ1v) is 12.7. The standard InChI is InChI=1S/C23H27ClN2O4S/c1-31(29,30)19-9-5-8-17(14-19)23(28)26-21-12-11-18(15-20(21)24)25-22(27)13-10-16-6-3-2-4-7-16/h5,8-9,11-12,14-16H,2-4,6-7,10,13H2,1H3,(H,25,27)(H,26,28). The van der Waals surface area contributed by atoms with Gasteiger partial charge in [0.1, 0.15) is 0 Å². The normalized spacial score (nSPS) is 14.8. The Balaban J connectivity index is 1.59. The van der Waals surface area contributed by atoms with Crippen molar-refractivity contribution < 1.29 is 18.0 Å². The third-order valence-corrected chi connectivity index (χ3v) is 6.95. The fourth-order valence-corrected chi connectivity index (χ4v) is 4.69. The highest BCUT2D eigenvalue weighted by Crippen LogP contribution is 2.29. The number of carbonyl (C=O) groups excluding carboxylic acids is 2. The van der Waals surface area contributed by atoms with Crippen molar-refractivity contribution in [2.24, 2.45) is 5.92 Å². The van der Waals surface area contributed by atoms with Crippen LogP contribution in [0.25, 0.3) is 0 Å². The number of benzene rings is 2. The van der Waals surface area contributed by atoms with E-state index >= 15 is 0 Å². The lowest BCUT2D eigenvalue weighted by atomic mass is 9.86. The van der Waals surface area contributed by atoms with Crippen molar-refractivity contribution in [3.8, 4) is 0 Å². The first-order chi connectivity index (χ1) is 14.7. The first-order valence-electron chi connectivity index (χ1n) is 10.4. The van der Waals surface area contributed by atoms with Crippen molar-refractivity contribution in [3.63, 3.8) is 0 Å². The molecule has 31 heavy (non-hydrogen) atoms. The van der Waals surface area contributed by atoms with Gasteiger partial charge in [-0.05, 0) is 48.7 Å². The van der Waals surface area contributed by atoms with E-state index in [-0.39, 0.29) is 21.4 Å². The van der Waals surface area contributed by atoms with Gasteiger partial charge < -0.3 is 10.6 Å². The number of anilines is 2. The van der Waals surface area contributed by atoms with Crippen LogP contribution in [0.15, 0.2) is 47.4 Å². The Hall–Kier alpha value is -2.38. The Kier molecular flexibility index (Phi) is 7.73. The molecule has 0 spiro atoms. The van der Waals surface area contributed by atoms with Gasteiger partial charge in [0.25, 0.3) is 5.91 Å². The lowest BCUT2D eigenvalue weighted by molar-refractivity contribution is -0.116. The van der Waals surface area contributed by atoms with Crippen LogP contribution in [0, 0.1) is 5.92 Å². The molecule has 0 atom stereocenters. The zero-order chi connectivity index (χ0) is 22.4. The number of amides is 2. The van der Waals surface area contributed by atoms with Crippen LogP contribution in [0.1, 0.15) is 55.3 Å². The lowest BCUT2D eigenvalue weighted by Crippen LogP contribution is -2.15. The summed E-state index contributed by atoms with van der Waals surface area (Å²) in [5.74, 6) is 0.120. The maximum Gasteiger partial charge on any atom is 0.255 e. The molecule has 1 aliphatic carbocycles. The molecule has 1 fully saturated rings. The molecule has 0 heterocycles. The van der Waals surface area contributed by atoms with Gasteiger partial charge in [-0.2, -0.15) is 0 Å². The number of sulfone groups is 1. The van der Waals surface area contributed by atoms with Gasteiger partial charge in [-0.3, -0.25) is 9.59 Å². The minimum Gasteiger partial charge on any atom is -0.326 e. The third kappa shape index (κ3) is 6.80. The largest absolute Gasteiger partial charge is 0.326 e. The van der Waals surface area contributed by atoms with Crippen LogP contribution in [0.5, 0.6) is 0 Å². The van der Waals surface area contributed by atoms with E-state index in [4.69, 9.17) is 11.6 Å². The van der Waals surface area contributed by atoms with Crippen molar-refractivity contribution in [1.82, 2.24) is 0 Å². The molecule has 1 aliphatic rings.